The number of hydrogen-bond acceptors (Lipinski definition) is 4. The number of aryl methyl sites for hydroxylation is 1. The van der Waals surface area contributed by atoms with Gasteiger partial charge >= 0.3 is 0 Å². The van der Waals surface area contributed by atoms with Gasteiger partial charge in [0.25, 0.3) is 0 Å². The third-order valence-corrected chi connectivity index (χ3v) is 3.87. The molecule has 0 aliphatic heterocycles. The first kappa shape index (κ1) is 9.98. The topological polar surface area (TPSA) is 67.6 Å². The number of rotatable bonds is 2. The molecule has 1 aromatic rings. The summed E-state index contributed by atoms with van der Waals surface area (Å²) in [6.07, 6.45) is 4.89. The van der Waals surface area contributed by atoms with Gasteiger partial charge in [0, 0.05) is 11.3 Å². The number of aromatic amines is 1. The van der Waals surface area contributed by atoms with Crippen molar-refractivity contribution >= 4 is 11.8 Å². The first-order valence-corrected chi connectivity index (χ1v) is 5.95. The van der Waals surface area contributed by atoms with Gasteiger partial charge in [-0.2, -0.15) is 0 Å². The number of nitrogens with two attached hydrogens (primary N) is 1. The molecule has 1 saturated carbocycles. The lowest BCUT2D eigenvalue weighted by molar-refractivity contribution is 0.453. The standard InChI is InChI=1S/C9H16N4S/c1-6-11-9(13-12-6)14-8-5-3-2-4-7(8)10/h7-8H,2-5,10H2,1H3,(H,11,12,13). The molecule has 0 aromatic carbocycles. The lowest BCUT2D eigenvalue weighted by atomic mass is 9.96. The highest BCUT2D eigenvalue weighted by atomic mass is 32.2. The summed E-state index contributed by atoms with van der Waals surface area (Å²) < 4.78 is 0. The Labute approximate surface area is 88.1 Å². The highest BCUT2D eigenvalue weighted by Crippen LogP contribution is 2.30. The summed E-state index contributed by atoms with van der Waals surface area (Å²) >= 11 is 1.72. The fourth-order valence-electron chi connectivity index (χ4n) is 1.78. The number of nitrogens with zero attached hydrogens (tertiary/aromatic N) is 2. The van der Waals surface area contributed by atoms with E-state index in [1.807, 2.05) is 6.92 Å². The van der Waals surface area contributed by atoms with Gasteiger partial charge in [-0.05, 0) is 19.8 Å². The van der Waals surface area contributed by atoms with Crippen molar-refractivity contribution in [2.45, 2.75) is 49.1 Å². The molecule has 1 aromatic heterocycles. The molecular weight excluding hydrogens is 196 g/mol. The molecule has 0 radical (unpaired) electrons. The van der Waals surface area contributed by atoms with E-state index >= 15 is 0 Å². The van der Waals surface area contributed by atoms with Crippen LogP contribution in [-0.4, -0.2) is 26.5 Å². The molecule has 0 amide bonds. The molecule has 1 heterocycles. The number of nitrogens with one attached hydrogen (secondary N) is 1. The van der Waals surface area contributed by atoms with E-state index in [9.17, 15) is 0 Å². The van der Waals surface area contributed by atoms with Crippen LogP contribution in [0.3, 0.4) is 0 Å². The van der Waals surface area contributed by atoms with Gasteiger partial charge in [0.1, 0.15) is 5.82 Å². The predicted molar refractivity (Wildman–Crippen MR) is 57.2 cm³/mol. The Morgan fingerprint density at radius 2 is 2.21 bits per heavy atom. The number of aromatic nitrogens is 3. The van der Waals surface area contributed by atoms with E-state index < -0.39 is 0 Å². The van der Waals surface area contributed by atoms with Gasteiger partial charge in [0.2, 0.25) is 5.16 Å². The Bertz CT molecular complexity index is 299. The molecule has 2 atom stereocenters. The van der Waals surface area contributed by atoms with Crippen LogP contribution in [0.25, 0.3) is 0 Å². The van der Waals surface area contributed by atoms with Gasteiger partial charge in [-0.25, -0.2) is 4.98 Å². The summed E-state index contributed by atoms with van der Waals surface area (Å²) in [7, 11) is 0. The lowest BCUT2D eigenvalue weighted by Gasteiger charge is -2.26. The molecule has 0 saturated heterocycles. The van der Waals surface area contributed by atoms with Crippen molar-refractivity contribution < 1.29 is 0 Å². The first-order chi connectivity index (χ1) is 6.75. The van der Waals surface area contributed by atoms with Crippen LogP contribution >= 0.6 is 11.8 Å². The Morgan fingerprint density at radius 3 is 2.86 bits per heavy atom. The van der Waals surface area contributed by atoms with Gasteiger partial charge < -0.3 is 5.73 Å². The Kier molecular flexibility index (Phi) is 3.08. The van der Waals surface area contributed by atoms with Crippen molar-refractivity contribution in [1.82, 2.24) is 15.2 Å². The molecule has 0 bridgehead atoms. The zero-order valence-electron chi connectivity index (χ0n) is 8.36. The van der Waals surface area contributed by atoms with Crippen LogP contribution in [0.5, 0.6) is 0 Å². The van der Waals surface area contributed by atoms with Crippen molar-refractivity contribution in [3.63, 3.8) is 0 Å². The molecule has 5 heteroatoms. The first-order valence-electron chi connectivity index (χ1n) is 5.07. The van der Waals surface area contributed by atoms with E-state index in [0.29, 0.717) is 11.3 Å². The molecule has 78 valence electrons. The van der Waals surface area contributed by atoms with Crippen LogP contribution in [0.2, 0.25) is 0 Å². The average Bonchev–Trinajstić information content (AvgIpc) is 2.56. The summed E-state index contributed by atoms with van der Waals surface area (Å²) in [6.45, 7) is 1.91. The van der Waals surface area contributed by atoms with Crippen molar-refractivity contribution in [2.24, 2.45) is 5.73 Å². The summed E-state index contributed by atoms with van der Waals surface area (Å²) in [5.74, 6) is 0.872. The van der Waals surface area contributed by atoms with E-state index in [0.717, 1.165) is 17.4 Å². The molecule has 1 aliphatic carbocycles. The second kappa shape index (κ2) is 4.31. The van der Waals surface area contributed by atoms with Crippen LogP contribution in [0.4, 0.5) is 0 Å². The van der Waals surface area contributed by atoms with E-state index in [2.05, 4.69) is 15.2 Å². The molecule has 1 fully saturated rings. The fraction of sp³-hybridized carbons (Fsp3) is 0.778. The van der Waals surface area contributed by atoms with Gasteiger partial charge in [0.05, 0.1) is 0 Å². The third-order valence-electron chi connectivity index (χ3n) is 2.59. The second-order valence-corrected chi connectivity index (χ2v) is 5.01. The van der Waals surface area contributed by atoms with E-state index in [1.54, 1.807) is 11.8 Å². The normalized spacial score (nSPS) is 27.9. The van der Waals surface area contributed by atoms with Gasteiger partial charge in [-0.15, -0.1) is 5.10 Å². The molecular formula is C9H16N4S. The summed E-state index contributed by atoms with van der Waals surface area (Å²) in [4.78, 5) is 4.28. The third kappa shape index (κ3) is 2.27. The minimum Gasteiger partial charge on any atom is -0.327 e. The minimum atomic E-state index is 0.313. The zero-order valence-corrected chi connectivity index (χ0v) is 9.18. The summed E-state index contributed by atoms with van der Waals surface area (Å²) in [5, 5.41) is 8.30. The maximum Gasteiger partial charge on any atom is 0.208 e. The molecule has 3 N–H and O–H groups in total. The van der Waals surface area contributed by atoms with Crippen molar-refractivity contribution in [3.8, 4) is 0 Å². The van der Waals surface area contributed by atoms with Crippen molar-refractivity contribution in [1.29, 1.82) is 0 Å². The number of H-pyrrole nitrogens is 1. The zero-order chi connectivity index (χ0) is 9.97. The van der Waals surface area contributed by atoms with Crippen LogP contribution in [0, 0.1) is 6.92 Å². The summed E-state index contributed by atoms with van der Waals surface area (Å²) in [5.41, 5.74) is 6.05. The van der Waals surface area contributed by atoms with Crippen LogP contribution in [-0.2, 0) is 0 Å². The fourth-order valence-corrected chi connectivity index (χ4v) is 2.94. The van der Waals surface area contributed by atoms with Crippen LogP contribution < -0.4 is 5.73 Å². The minimum absolute atomic E-state index is 0.313. The van der Waals surface area contributed by atoms with E-state index in [1.165, 1.54) is 19.3 Å². The molecule has 4 nitrogen and oxygen atoms in total. The van der Waals surface area contributed by atoms with Gasteiger partial charge in [-0.1, -0.05) is 24.6 Å². The number of hydrogen-bond donors (Lipinski definition) is 2. The Morgan fingerprint density at radius 1 is 1.43 bits per heavy atom. The monoisotopic (exact) mass is 212 g/mol. The molecule has 14 heavy (non-hydrogen) atoms. The SMILES string of the molecule is Cc1nc(SC2CCCCC2N)n[nH]1. The van der Waals surface area contributed by atoms with Crippen molar-refractivity contribution in [2.75, 3.05) is 0 Å². The van der Waals surface area contributed by atoms with E-state index in [-0.39, 0.29) is 0 Å². The number of thioether (sulfide) groups is 1. The largest absolute Gasteiger partial charge is 0.327 e. The highest BCUT2D eigenvalue weighted by Gasteiger charge is 2.23. The Hall–Kier alpha value is -0.550. The van der Waals surface area contributed by atoms with E-state index in [4.69, 9.17) is 5.73 Å². The van der Waals surface area contributed by atoms with Crippen LogP contribution in [0.1, 0.15) is 31.5 Å². The molecule has 0 spiro atoms. The van der Waals surface area contributed by atoms with Gasteiger partial charge in [-0.3, -0.25) is 5.10 Å². The quantitative estimate of drug-likeness (QED) is 0.779. The maximum atomic E-state index is 6.05. The van der Waals surface area contributed by atoms with Crippen LogP contribution in [0.15, 0.2) is 5.16 Å². The lowest BCUT2D eigenvalue weighted by Crippen LogP contribution is -2.35. The average molecular weight is 212 g/mol. The van der Waals surface area contributed by atoms with Gasteiger partial charge in [0.15, 0.2) is 0 Å². The Balaban J connectivity index is 1.95. The maximum absolute atomic E-state index is 6.05. The molecule has 2 rings (SSSR count). The smallest absolute Gasteiger partial charge is 0.208 e. The highest BCUT2D eigenvalue weighted by molar-refractivity contribution is 7.99. The molecule has 1 aliphatic rings. The second-order valence-electron chi connectivity index (χ2n) is 3.81. The molecule has 2 unspecified atom stereocenters. The predicted octanol–water partition coefficient (Wildman–Crippen LogP) is 1.48. The summed E-state index contributed by atoms with van der Waals surface area (Å²) in [6, 6.07) is 0.313. The van der Waals surface area contributed by atoms with Crippen molar-refractivity contribution in [3.05, 3.63) is 5.82 Å².